The van der Waals surface area contributed by atoms with Gasteiger partial charge in [0.1, 0.15) is 6.61 Å². The van der Waals surface area contributed by atoms with E-state index in [2.05, 4.69) is 26.2 Å². The molecule has 0 radical (unpaired) electrons. The van der Waals surface area contributed by atoms with Crippen LogP contribution in [-0.2, 0) is 19.7 Å². The van der Waals surface area contributed by atoms with Crippen LogP contribution in [0.2, 0.25) is 5.02 Å². The van der Waals surface area contributed by atoms with Crippen molar-refractivity contribution in [3.05, 3.63) is 87.1 Å². The summed E-state index contributed by atoms with van der Waals surface area (Å²) in [5.74, 6) is 1.39. The van der Waals surface area contributed by atoms with Crippen molar-refractivity contribution >= 4 is 39.9 Å². The van der Waals surface area contributed by atoms with E-state index in [-0.39, 0.29) is 12.4 Å². The summed E-state index contributed by atoms with van der Waals surface area (Å²) >= 11 is 9.85. The third-order valence-electron chi connectivity index (χ3n) is 4.08. The fourth-order valence-electron chi connectivity index (χ4n) is 2.75. The summed E-state index contributed by atoms with van der Waals surface area (Å²) in [4.78, 5) is 4.13. The fourth-order valence-corrected chi connectivity index (χ4v) is 3.54. The van der Waals surface area contributed by atoms with Crippen molar-refractivity contribution in [2.75, 3.05) is 6.61 Å². The predicted molar refractivity (Wildman–Crippen MR) is 123 cm³/mol. The van der Waals surface area contributed by atoms with E-state index in [4.69, 9.17) is 21.1 Å². The van der Waals surface area contributed by atoms with Gasteiger partial charge in [-0.1, -0.05) is 35.9 Å². The van der Waals surface area contributed by atoms with Crippen molar-refractivity contribution in [1.29, 1.82) is 0 Å². The minimum atomic E-state index is 0. The summed E-state index contributed by atoms with van der Waals surface area (Å²) in [6.45, 7) is 4.34. The number of nitrogens with zero attached hydrogens (tertiary/aromatic N) is 1. The highest BCUT2D eigenvalue weighted by atomic mass is 79.9. The van der Waals surface area contributed by atoms with Gasteiger partial charge in [0, 0.05) is 36.1 Å². The normalized spacial score (nSPS) is 10.3. The van der Waals surface area contributed by atoms with Crippen molar-refractivity contribution in [3.63, 3.8) is 0 Å². The molecule has 154 valence electrons. The maximum absolute atomic E-state index is 6.23. The van der Waals surface area contributed by atoms with Crippen LogP contribution in [0.25, 0.3) is 0 Å². The Hall–Kier alpha value is -1.79. The topological polar surface area (TPSA) is 43.4 Å². The zero-order chi connectivity index (χ0) is 19.8. The molecule has 0 spiro atoms. The van der Waals surface area contributed by atoms with Crippen LogP contribution in [0.15, 0.2) is 65.4 Å². The van der Waals surface area contributed by atoms with Gasteiger partial charge in [0.05, 0.1) is 11.1 Å². The number of halogens is 3. The number of aromatic nitrogens is 1. The molecule has 0 bridgehead atoms. The van der Waals surface area contributed by atoms with Gasteiger partial charge in [-0.2, -0.15) is 0 Å². The molecule has 0 aliphatic carbocycles. The lowest BCUT2D eigenvalue weighted by Gasteiger charge is -2.16. The summed E-state index contributed by atoms with van der Waals surface area (Å²) < 4.78 is 12.7. The van der Waals surface area contributed by atoms with E-state index in [1.165, 1.54) is 0 Å². The Morgan fingerprint density at radius 2 is 1.83 bits per heavy atom. The Bertz CT molecular complexity index is 911. The molecule has 0 aliphatic rings. The van der Waals surface area contributed by atoms with E-state index in [0.29, 0.717) is 36.3 Å². The molecule has 4 nitrogen and oxygen atoms in total. The average molecular weight is 498 g/mol. The van der Waals surface area contributed by atoms with E-state index in [0.717, 1.165) is 27.7 Å². The van der Waals surface area contributed by atoms with Gasteiger partial charge in [-0.25, -0.2) is 0 Å². The molecule has 2 aromatic carbocycles. The standard InChI is InChI=1S/C22H22BrClN2O2.ClH/c1-2-27-21-11-17(14-26-13-16-6-5-9-25-12-16)10-19(23)22(21)28-15-18-7-3-4-8-20(18)24;/h3-12,26H,2,13-15H2,1H3;1H. The van der Waals surface area contributed by atoms with Gasteiger partial charge in [-0.05, 0) is 58.2 Å². The van der Waals surface area contributed by atoms with E-state index in [9.17, 15) is 0 Å². The molecule has 0 saturated carbocycles. The molecule has 29 heavy (non-hydrogen) atoms. The second-order valence-corrected chi connectivity index (χ2v) is 7.44. The number of benzene rings is 2. The molecule has 0 saturated heterocycles. The molecule has 1 aromatic heterocycles. The number of hydrogen-bond donors (Lipinski definition) is 1. The molecule has 0 atom stereocenters. The van der Waals surface area contributed by atoms with Crippen molar-refractivity contribution in [1.82, 2.24) is 10.3 Å². The molecule has 1 N–H and O–H groups in total. The van der Waals surface area contributed by atoms with Crippen LogP contribution in [0.5, 0.6) is 11.5 Å². The monoisotopic (exact) mass is 496 g/mol. The molecular weight excluding hydrogens is 475 g/mol. The van der Waals surface area contributed by atoms with E-state index in [1.807, 2.05) is 61.7 Å². The first-order valence-corrected chi connectivity index (χ1v) is 10.3. The van der Waals surface area contributed by atoms with Gasteiger partial charge in [0.15, 0.2) is 11.5 Å². The predicted octanol–water partition coefficient (Wildman–Crippen LogP) is 6.19. The first-order valence-electron chi connectivity index (χ1n) is 9.08. The van der Waals surface area contributed by atoms with Crippen LogP contribution in [-0.4, -0.2) is 11.6 Å². The van der Waals surface area contributed by atoms with Crippen LogP contribution >= 0.6 is 39.9 Å². The smallest absolute Gasteiger partial charge is 0.175 e. The van der Waals surface area contributed by atoms with Gasteiger partial charge in [0.25, 0.3) is 0 Å². The number of ether oxygens (including phenoxy) is 2. The van der Waals surface area contributed by atoms with Crippen LogP contribution < -0.4 is 14.8 Å². The van der Waals surface area contributed by atoms with Gasteiger partial charge in [-0.15, -0.1) is 12.4 Å². The first kappa shape index (κ1) is 23.5. The van der Waals surface area contributed by atoms with Crippen molar-refractivity contribution in [3.8, 4) is 11.5 Å². The lowest BCUT2D eigenvalue weighted by Crippen LogP contribution is -2.13. The molecule has 3 aromatic rings. The zero-order valence-electron chi connectivity index (χ0n) is 16.0. The van der Waals surface area contributed by atoms with Gasteiger partial charge >= 0.3 is 0 Å². The number of hydrogen-bond acceptors (Lipinski definition) is 4. The Morgan fingerprint density at radius 3 is 2.55 bits per heavy atom. The van der Waals surface area contributed by atoms with E-state index in [1.54, 1.807) is 6.20 Å². The van der Waals surface area contributed by atoms with Gasteiger partial charge < -0.3 is 14.8 Å². The first-order chi connectivity index (χ1) is 13.7. The number of pyridine rings is 1. The second kappa shape index (κ2) is 12.0. The maximum atomic E-state index is 6.23. The zero-order valence-corrected chi connectivity index (χ0v) is 19.2. The van der Waals surface area contributed by atoms with Crippen molar-refractivity contribution in [2.45, 2.75) is 26.6 Å². The van der Waals surface area contributed by atoms with Crippen LogP contribution in [0.4, 0.5) is 0 Å². The molecule has 0 unspecified atom stereocenters. The van der Waals surface area contributed by atoms with Gasteiger partial charge in [-0.3, -0.25) is 4.98 Å². The Balaban J connectivity index is 0.00000300. The number of rotatable bonds is 9. The third-order valence-corrected chi connectivity index (χ3v) is 5.04. The SMILES string of the molecule is CCOc1cc(CNCc2cccnc2)cc(Br)c1OCc1ccccc1Cl.Cl. The van der Waals surface area contributed by atoms with Crippen molar-refractivity contribution in [2.24, 2.45) is 0 Å². The molecule has 7 heteroatoms. The molecular formula is C22H23BrCl2N2O2. The lowest BCUT2D eigenvalue weighted by molar-refractivity contribution is 0.267. The fraction of sp³-hybridized carbons (Fsp3) is 0.227. The highest BCUT2D eigenvalue weighted by Gasteiger charge is 2.13. The van der Waals surface area contributed by atoms with Gasteiger partial charge in [0.2, 0.25) is 0 Å². The maximum Gasteiger partial charge on any atom is 0.175 e. The van der Waals surface area contributed by atoms with Crippen molar-refractivity contribution < 1.29 is 9.47 Å². The van der Waals surface area contributed by atoms with Crippen LogP contribution in [0.1, 0.15) is 23.6 Å². The summed E-state index contributed by atoms with van der Waals surface area (Å²) in [6, 6.07) is 15.7. The summed E-state index contributed by atoms with van der Waals surface area (Å²) in [5.41, 5.74) is 3.18. The quantitative estimate of drug-likeness (QED) is 0.383. The third kappa shape index (κ3) is 6.89. The largest absolute Gasteiger partial charge is 0.490 e. The second-order valence-electron chi connectivity index (χ2n) is 6.18. The summed E-state index contributed by atoms with van der Waals surface area (Å²) in [5, 5.41) is 4.11. The van der Waals surface area contributed by atoms with E-state index >= 15 is 0 Å². The lowest BCUT2D eigenvalue weighted by atomic mass is 10.2. The molecule has 0 aliphatic heterocycles. The molecule has 0 amide bonds. The minimum Gasteiger partial charge on any atom is -0.490 e. The summed E-state index contributed by atoms with van der Waals surface area (Å²) in [6.07, 6.45) is 3.64. The molecule has 3 rings (SSSR count). The average Bonchev–Trinajstić information content (AvgIpc) is 2.70. The minimum absolute atomic E-state index is 0. The highest BCUT2D eigenvalue weighted by Crippen LogP contribution is 2.37. The Morgan fingerprint density at radius 1 is 1.03 bits per heavy atom. The molecule has 0 fully saturated rings. The van der Waals surface area contributed by atoms with Crippen LogP contribution in [0.3, 0.4) is 0 Å². The van der Waals surface area contributed by atoms with E-state index < -0.39 is 0 Å². The Labute approximate surface area is 191 Å². The summed E-state index contributed by atoms with van der Waals surface area (Å²) in [7, 11) is 0. The number of nitrogens with one attached hydrogen (secondary N) is 1. The highest BCUT2D eigenvalue weighted by molar-refractivity contribution is 9.10. The van der Waals surface area contributed by atoms with Crippen LogP contribution in [0, 0.1) is 0 Å². The Kier molecular flexibility index (Phi) is 9.74. The molecule has 1 heterocycles.